The van der Waals surface area contributed by atoms with Gasteiger partial charge in [-0.15, -0.1) is 0 Å². The maximum atomic E-state index is 5.75. The first kappa shape index (κ1) is 18.6. The molecule has 0 saturated carbocycles. The Morgan fingerprint density at radius 1 is 1.04 bits per heavy atom. The van der Waals surface area contributed by atoms with Gasteiger partial charge in [-0.25, -0.2) is 0 Å². The van der Waals surface area contributed by atoms with Crippen LogP contribution in [-0.2, 0) is 6.54 Å². The molecule has 0 atom stereocenters. The van der Waals surface area contributed by atoms with Gasteiger partial charge in [-0.3, -0.25) is 4.99 Å². The molecule has 0 unspecified atom stereocenters. The third-order valence-corrected chi connectivity index (χ3v) is 3.89. The minimum absolute atomic E-state index is 0.608. The zero-order valence-corrected chi connectivity index (χ0v) is 15.6. The lowest BCUT2D eigenvalue weighted by Gasteiger charge is -2.22. The molecule has 0 aromatic heterocycles. The average molecular weight is 340 g/mol. The van der Waals surface area contributed by atoms with Gasteiger partial charge in [0.15, 0.2) is 5.96 Å². The van der Waals surface area contributed by atoms with Crippen molar-refractivity contribution in [2.45, 2.75) is 6.54 Å². The Morgan fingerprint density at radius 3 is 2.48 bits per heavy atom. The second-order valence-electron chi connectivity index (χ2n) is 6.05. The van der Waals surface area contributed by atoms with Gasteiger partial charge in [-0.05, 0) is 29.8 Å². The molecule has 0 aliphatic heterocycles. The number of para-hydroxylation sites is 1. The number of anilines is 1. The van der Waals surface area contributed by atoms with Crippen LogP contribution in [0, 0.1) is 0 Å². The van der Waals surface area contributed by atoms with Crippen molar-refractivity contribution < 1.29 is 4.74 Å². The Labute approximate surface area is 150 Å². The molecule has 0 fully saturated rings. The monoisotopic (exact) mass is 340 g/mol. The molecule has 0 radical (unpaired) electrons. The second-order valence-corrected chi connectivity index (χ2v) is 6.05. The summed E-state index contributed by atoms with van der Waals surface area (Å²) in [5, 5.41) is 3.40. The van der Waals surface area contributed by atoms with Crippen molar-refractivity contribution in [3.8, 4) is 5.75 Å². The molecule has 2 rings (SSSR count). The number of likely N-dealkylation sites (N-methyl/N-ethyl adjacent to an activating group) is 1. The highest BCUT2D eigenvalue weighted by Crippen LogP contribution is 2.13. The van der Waals surface area contributed by atoms with E-state index >= 15 is 0 Å². The van der Waals surface area contributed by atoms with Crippen LogP contribution in [0.1, 0.15) is 5.56 Å². The van der Waals surface area contributed by atoms with Crippen molar-refractivity contribution in [1.29, 1.82) is 0 Å². The molecule has 134 valence electrons. The van der Waals surface area contributed by atoms with Gasteiger partial charge in [0.25, 0.3) is 0 Å². The summed E-state index contributed by atoms with van der Waals surface area (Å²) in [6.45, 7) is 2.10. The van der Waals surface area contributed by atoms with Crippen LogP contribution in [0.2, 0.25) is 0 Å². The van der Waals surface area contributed by atoms with E-state index in [-0.39, 0.29) is 0 Å². The second kappa shape index (κ2) is 9.57. The number of nitrogens with one attached hydrogen (secondary N) is 1. The summed E-state index contributed by atoms with van der Waals surface area (Å²) in [6.07, 6.45) is 0. The van der Waals surface area contributed by atoms with Gasteiger partial charge < -0.3 is 19.9 Å². The molecule has 0 spiro atoms. The highest BCUT2D eigenvalue weighted by Gasteiger charge is 2.06. The van der Waals surface area contributed by atoms with E-state index in [0.717, 1.165) is 24.8 Å². The smallest absolute Gasteiger partial charge is 0.193 e. The maximum absolute atomic E-state index is 5.75. The molecule has 2 aromatic carbocycles. The Balaban J connectivity index is 1.82. The zero-order valence-electron chi connectivity index (χ0n) is 15.6. The number of ether oxygens (including phenoxy) is 1. The first-order valence-electron chi connectivity index (χ1n) is 8.46. The average Bonchev–Trinajstić information content (AvgIpc) is 2.63. The van der Waals surface area contributed by atoms with Crippen molar-refractivity contribution in [2.75, 3.05) is 46.2 Å². The molecule has 5 heteroatoms. The molecule has 2 aromatic rings. The first-order valence-corrected chi connectivity index (χ1v) is 8.46. The Morgan fingerprint density at radius 2 is 1.80 bits per heavy atom. The van der Waals surface area contributed by atoms with Gasteiger partial charge in [0.05, 0.1) is 6.54 Å². The predicted molar refractivity (Wildman–Crippen MR) is 106 cm³/mol. The fourth-order valence-corrected chi connectivity index (χ4v) is 2.43. The summed E-state index contributed by atoms with van der Waals surface area (Å²) < 4.78 is 5.75. The maximum Gasteiger partial charge on any atom is 0.193 e. The Hall–Kier alpha value is -2.69. The normalized spacial score (nSPS) is 11.1. The molecule has 0 bridgehead atoms. The molecule has 0 saturated heterocycles. The molecule has 0 amide bonds. The van der Waals surface area contributed by atoms with Gasteiger partial charge in [0, 0.05) is 40.4 Å². The Kier molecular flexibility index (Phi) is 7.14. The van der Waals surface area contributed by atoms with E-state index in [0.29, 0.717) is 6.61 Å². The van der Waals surface area contributed by atoms with Crippen LogP contribution in [0.3, 0.4) is 0 Å². The quantitative estimate of drug-likeness (QED) is 0.621. The Bertz CT molecular complexity index is 670. The predicted octanol–water partition coefficient (Wildman–Crippen LogP) is 2.84. The molecule has 25 heavy (non-hydrogen) atoms. The van der Waals surface area contributed by atoms with E-state index in [4.69, 9.17) is 4.74 Å². The summed E-state index contributed by atoms with van der Waals surface area (Å²) in [6, 6.07) is 18.3. The van der Waals surface area contributed by atoms with Crippen molar-refractivity contribution in [1.82, 2.24) is 10.2 Å². The molecular weight excluding hydrogens is 312 g/mol. The first-order chi connectivity index (χ1) is 12.1. The largest absolute Gasteiger partial charge is 0.492 e. The number of rotatable bonds is 7. The SMILES string of the molecule is CN=C(NCc1cccc(N(C)C)c1)N(C)CCOc1ccccc1. The van der Waals surface area contributed by atoms with Gasteiger partial charge in [0.1, 0.15) is 12.4 Å². The van der Waals surface area contributed by atoms with E-state index in [1.165, 1.54) is 11.3 Å². The molecule has 0 aliphatic rings. The van der Waals surface area contributed by atoms with Gasteiger partial charge >= 0.3 is 0 Å². The van der Waals surface area contributed by atoms with Crippen LogP contribution >= 0.6 is 0 Å². The summed E-state index contributed by atoms with van der Waals surface area (Å²) >= 11 is 0. The summed E-state index contributed by atoms with van der Waals surface area (Å²) in [5.41, 5.74) is 2.42. The fraction of sp³-hybridized carbons (Fsp3) is 0.350. The number of hydrogen-bond acceptors (Lipinski definition) is 3. The number of benzene rings is 2. The number of nitrogens with zero attached hydrogens (tertiary/aromatic N) is 3. The lowest BCUT2D eigenvalue weighted by Crippen LogP contribution is -2.40. The van der Waals surface area contributed by atoms with Crippen LogP contribution in [0.25, 0.3) is 0 Å². The van der Waals surface area contributed by atoms with E-state index < -0.39 is 0 Å². The van der Waals surface area contributed by atoms with Crippen molar-refractivity contribution >= 4 is 11.6 Å². The van der Waals surface area contributed by atoms with Crippen LogP contribution < -0.4 is 15.0 Å². The third kappa shape index (κ3) is 6.03. The topological polar surface area (TPSA) is 40.1 Å². The number of aliphatic imine (C=N–C) groups is 1. The molecule has 5 nitrogen and oxygen atoms in total. The van der Waals surface area contributed by atoms with Gasteiger partial charge in [-0.1, -0.05) is 30.3 Å². The molecular formula is C20H28N4O. The van der Waals surface area contributed by atoms with Crippen LogP contribution in [0.4, 0.5) is 5.69 Å². The van der Waals surface area contributed by atoms with Crippen molar-refractivity contribution in [3.05, 3.63) is 60.2 Å². The van der Waals surface area contributed by atoms with E-state index in [1.54, 1.807) is 7.05 Å². The zero-order chi connectivity index (χ0) is 18.1. The van der Waals surface area contributed by atoms with Gasteiger partial charge in [0.2, 0.25) is 0 Å². The minimum atomic E-state index is 0.608. The highest BCUT2D eigenvalue weighted by molar-refractivity contribution is 5.79. The standard InChI is InChI=1S/C20H28N4O/c1-21-20(22-16-17-9-8-10-18(15-17)23(2)3)24(4)13-14-25-19-11-6-5-7-12-19/h5-12,15H,13-14,16H2,1-4H3,(H,21,22). The fourth-order valence-electron chi connectivity index (χ4n) is 2.43. The van der Waals surface area contributed by atoms with Crippen LogP contribution in [-0.4, -0.2) is 52.2 Å². The lowest BCUT2D eigenvalue weighted by molar-refractivity contribution is 0.281. The minimum Gasteiger partial charge on any atom is -0.492 e. The molecule has 1 N–H and O–H groups in total. The summed E-state index contributed by atoms with van der Waals surface area (Å²) in [4.78, 5) is 8.52. The van der Waals surface area contributed by atoms with Crippen molar-refractivity contribution in [2.24, 2.45) is 4.99 Å². The molecule has 0 aliphatic carbocycles. The van der Waals surface area contributed by atoms with E-state index in [2.05, 4.69) is 44.4 Å². The summed E-state index contributed by atoms with van der Waals surface area (Å²) in [7, 11) is 7.91. The van der Waals surface area contributed by atoms with Crippen LogP contribution in [0.5, 0.6) is 5.75 Å². The third-order valence-electron chi connectivity index (χ3n) is 3.89. The van der Waals surface area contributed by atoms with Crippen LogP contribution in [0.15, 0.2) is 59.6 Å². The molecule has 0 heterocycles. The van der Waals surface area contributed by atoms with Crippen molar-refractivity contribution in [3.63, 3.8) is 0 Å². The highest BCUT2D eigenvalue weighted by atomic mass is 16.5. The number of hydrogen-bond donors (Lipinski definition) is 1. The lowest BCUT2D eigenvalue weighted by atomic mass is 10.2. The van der Waals surface area contributed by atoms with E-state index in [1.807, 2.05) is 51.5 Å². The summed E-state index contributed by atoms with van der Waals surface area (Å²) in [5.74, 6) is 1.74. The van der Waals surface area contributed by atoms with Gasteiger partial charge in [-0.2, -0.15) is 0 Å². The van der Waals surface area contributed by atoms with E-state index in [9.17, 15) is 0 Å². The number of guanidine groups is 1.